The zero-order valence-electron chi connectivity index (χ0n) is 12.2. The summed E-state index contributed by atoms with van der Waals surface area (Å²) < 4.78 is 10.7. The molecule has 0 radical (unpaired) electrons. The van der Waals surface area contributed by atoms with Crippen molar-refractivity contribution in [3.63, 3.8) is 0 Å². The van der Waals surface area contributed by atoms with Crippen LogP contribution < -0.4 is 4.74 Å². The molecule has 2 aromatic carbocycles. The maximum atomic E-state index is 11.7. The number of benzene rings is 2. The molecule has 0 aromatic heterocycles. The van der Waals surface area contributed by atoms with E-state index < -0.39 is 0 Å². The van der Waals surface area contributed by atoms with Gasteiger partial charge in [-0.05, 0) is 47.9 Å². The Labute approximate surface area is 119 Å². The molecule has 0 atom stereocenters. The van der Waals surface area contributed by atoms with Crippen LogP contribution in [0.5, 0.6) is 5.75 Å². The number of rotatable bonds is 5. The van der Waals surface area contributed by atoms with E-state index in [1.54, 1.807) is 13.0 Å². The molecular formula is C17H20O3. The molecule has 0 heterocycles. The van der Waals surface area contributed by atoms with Gasteiger partial charge < -0.3 is 9.47 Å². The summed E-state index contributed by atoms with van der Waals surface area (Å²) in [4.78, 5) is 11.7. The first-order chi connectivity index (χ1) is 9.60. The number of carbonyl (C=O) groups is 1. The molecule has 0 aliphatic carbocycles. The van der Waals surface area contributed by atoms with Crippen LogP contribution in [0, 0.1) is 5.92 Å². The Balaban J connectivity index is 2.23. The van der Waals surface area contributed by atoms with Crippen LogP contribution in [0.15, 0.2) is 36.4 Å². The molecule has 3 heteroatoms. The zero-order valence-corrected chi connectivity index (χ0v) is 12.2. The first-order valence-electron chi connectivity index (χ1n) is 6.94. The van der Waals surface area contributed by atoms with E-state index in [4.69, 9.17) is 9.47 Å². The molecule has 3 nitrogen and oxygen atoms in total. The van der Waals surface area contributed by atoms with Crippen LogP contribution in [0.4, 0.5) is 0 Å². The summed E-state index contributed by atoms with van der Waals surface area (Å²) in [6.45, 7) is 7.13. The number of carbonyl (C=O) groups excluding carboxylic acids is 1. The Kier molecular flexibility index (Phi) is 4.61. The van der Waals surface area contributed by atoms with Gasteiger partial charge >= 0.3 is 5.97 Å². The minimum absolute atomic E-state index is 0.283. The lowest BCUT2D eigenvalue weighted by atomic mass is 10.1. The van der Waals surface area contributed by atoms with E-state index in [-0.39, 0.29) is 5.97 Å². The molecular weight excluding hydrogens is 252 g/mol. The largest absolute Gasteiger partial charge is 0.493 e. The van der Waals surface area contributed by atoms with E-state index in [1.807, 2.05) is 30.3 Å². The van der Waals surface area contributed by atoms with Crippen molar-refractivity contribution >= 4 is 16.7 Å². The third-order valence-electron chi connectivity index (χ3n) is 2.91. The van der Waals surface area contributed by atoms with Crippen molar-refractivity contribution in [3.8, 4) is 5.75 Å². The summed E-state index contributed by atoms with van der Waals surface area (Å²) in [6.07, 6.45) is 0. The fourth-order valence-corrected chi connectivity index (χ4v) is 1.92. The van der Waals surface area contributed by atoms with Crippen molar-refractivity contribution in [2.24, 2.45) is 5.92 Å². The fourth-order valence-electron chi connectivity index (χ4n) is 1.92. The second-order valence-corrected chi connectivity index (χ2v) is 5.15. The van der Waals surface area contributed by atoms with Gasteiger partial charge in [0.2, 0.25) is 0 Å². The average molecular weight is 272 g/mol. The number of hydrogen-bond acceptors (Lipinski definition) is 3. The minimum Gasteiger partial charge on any atom is -0.493 e. The minimum atomic E-state index is -0.283. The predicted octanol–water partition coefficient (Wildman–Crippen LogP) is 4.05. The molecule has 0 bridgehead atoms. The van der Waals surface area contributed by atoms with E-state index in [0.717, 1.165) is 16.5 Å². The lowest BCUT2D eigenvalue weighted by Gasteiger charge is -2.10. The Morgan fingerprint density at radius 3 is 2.50 bits per heavy atom. The van der Waals surface area contributed by atoms with Crippen LogP contribution in [0.3, 0.4) is 0 Å². The van der Waals surface area contributed by atoms with E-state index >= 15 is 0 Å². The molecule has 0 fully saturated rings. The molecule has 0 saturated carbocycles. The first kappa shape index (κ1) is 14.4. The Morgan fingerprint density at radius 2 is 1.80 bits per heavy atom. The van der Waals surface area contributed by atoms with Crippen molar-refractivity contribution < 1.29 is 14.3 Å². The van der Waals surface area contributed by atoms with Gasteiger partial charge in [0, 0.05) is 0 Å². The van der Waals surface area contributed by atoms with Gasteiger partial charge in [-0.25, -0.2) is 4.79 Å². The van der Waals surface area contributed by atoms with E-state index in [2.05, 4.69) is 13.8 Å². The summed E-state index contributed by atoms with van der Waals surface area (Å²) >= 11 is 0. The highest BCUT2D eigenvalue weighted by molar-refractivity contribution is 5.95. The molecule has 0 saturated heterocycles. The fraction of sp³-hybridized carbons (Fsp3) is 0.353. The maximum Gasteiger partial charge on any atom is 0.338 e. The van der Waals surface area contributed by atoms with Crippen LogP contribution in [0.1, 0.15) is 31.1 Å². The van der Waals surface area contributed by atoms with Gasteiger partial charge in [0.25, 0.3) is 0 Å². The van der Waals surface area contributed by atoms with E-state index in [1.165, 1.54) is 0 Å². The molecule has 0 aliphatic heterocycles. The van der Waals surface area contributed by atoms with Gasteiger partial charge in [-0.1, -0.05) is 26.0 Å². The second-order valence-electron chi connectivity index (χ2n) is 5.15. The van der Waals surface area contributed by atoms with Crippen molar-refractivity contribution in [1.82, 2.24) is 0 Å². The van der Waals surface area contributed by atoms with Crippen LogP contribution >= 0.6 is 0 Å². The van der Waals surface area contributed by atoms with Gasteiger partial charge in [0.15, 0.2) is 0 Å². The molecule has 0 amide bonds. The quantitative estimate of drug-likeness (QED) is 0.770. The van der Waals surface area contributed by atoms with E-state index in [0.29, 0.717) is 24.7 Å². The Bertz CT molecular complexity index is 602. The van der Waals surface area contributed by atoms with Crippen molar-refractivity contribution in [2.45, 2.75) is 20.8 Å². The second kappa shape index (κ2) is 6.42. The summed E-state index contributed by atoms with van der Waals surface area (Å²) in [5.74, 6) is 1.07. The van der Waals surface area contributed by atoms with E-state index in [9.17, 15) is 4.79 Å². The van der Waals surface area contributed by atoms with Crippen molar-refractivity contribution in [1.29, 1.82) is 0 Å². The monoisotopic (exact) mass is 272 g/mol. The molecule has 106 valence electrons. The summed E-state index contributed by atoms with van der Waals surface area (Å²) in [5, 5.41) is 2.06. The van der Waals surface area contributed by atoms with Crippen LogP contribution in [-0.2, 0) is 4.74 Å². The third kappa shape index (κ3) is 3.50. The topological polar surface area (TPSA) is 35.5 Å². The van der Waals surface area contributed by atoms with Gasteiger partial charge in [-0.15, -0.1) is 0 Å². The van der Waals surface area contributed by atoms with Gasteiger partial charge in [-0.2, -0.15) is 0 Å². The molecule has 0 unspecified atom stereocenters. The van der Waals surface area contributed by atoms with Gasteiger partial charge in [0.05, 0.1) is 18.8 Å². The number of esters is 1. The van der Waals surface area contributed by atoms with Crippen LogP contribution in [-0.4, -0.2) is 19.2 Å². The summed E-state index contributed by atoms with van der Waals surface area (Å²) in [7, 11) is 0. The van der Waals surface area contributed by atoms with Crippen LogP contribution in [0.25, 0.3) is 10.8 Å². The highest BCUT2D eigenvalue weighted by Crippen LogP contribution is 2.22. The molecule has 2 aromatic rings. The van der Waals surface area contributed by atoms with Crippen LogP contribution in [0.2, 0.25) is 0 Å². The lowest BCUT2D eigenvalue weighted by molar-refractivity contribution is 0.0526. The Hall–Kier alpha value is -2.03. The predicted molar refractivity (Wildman–Crippen MR) is 80.2 cm³/mol. The SMILES string of the molecule is CCOC(=O)c1ccc2cc(OCC(C)C)ccc2c1. The summed E-state index contributed by atoms with van der Waals surface area (Å²) in [5.41, 5.74) is 0.579. The van der Waals surface area contributed by atoms with Gasteiger partial charge in [-0.3, -0.25) is 0 Å². The summed E-state index contributed by atoms with van der Waals surface area (Å²) in [6, 6.07) is 11.4. The maximum absolute atomic E-state index is 11.7. The number of fused-ring (bicyclic) bond motifs is 1. The van der Waals surface area contributed by atoms with Crippen molar-refractivity contribution in [3.05, 3.63) is 42.0 Å². The highest BCUT2D eigenvalue weighted by atomic mass is 16.5. The zero-order chi connectivity index (χ0) is 14.5. The molecule has 20 heavy (non-hydrogen) atoms. The standard InChI is InChI=1S/C17H20O3/c1-4-19-17(18)15-6-5-14-10-16(20-11-12(2)3)8-7-13(14)9-15/h5-10,12H,4,11H2,1-3H3. The third-order valence-corrected chi connectivity index (χ3v) is 2.91. The number of hydrogen-bond donors (Lipinski definition) is 0. The highest BCUT2D eigenvalue weighted by Gasteiger charge is 2.07. The van der Waals surface area contributed by atoms with Crippen molar-refractivity contribution in [2.75, 3.05) is 13.2 Å². The Morgan fingerprint density at radius 1 is 1.10 bits per heavy atom. The molecule has 0 aliphatic rings. The molecule has 2 rings (SSSR count). The average Bonchev–Trinajstić information content (AvgIpc) is 2.44. The smallest absolute Gasteiger partial charge is 0.338 e. The van der Waals surface area contributed by atoms with Gasteiger partial charge in [0.1, 0.15) is 5.75 Å². The lowest BCUT2D eigenvalue weighted by Crippen LogP contribution is -2.05. The molecule has 0 N–H and O–H groups in total. The molecule has 0 spiro atoms. The number of ether oxygens (including phenoxy) is 2. The normalized spacial score (nSPS) is 10.8. The first-order valence-corrected chi connectivity index (χ1v) is 6.94.